The number of carbonyl (C=O) groups excluding carboxylic acids is 1. The normalized spacial score (nSPS) is 14.5. The quantitative estimate of drug-likeness (QED) is 0.352. The maximum atomic E-state index is 13.1. The predicted molar refractivity (Wildman–Crippen MR) is 139 cm³/mol. The maximum absolute atomic E-state index is 13.1. The Kier molecular flexibility index (Phi) is 6.40. The molecule has 9 heteroatoms. The molecule has 7 nitrogen and oxygen atoms in total. The first-order valence-corrected chi connectivity index (χ1v) is 12.6. The number of nitrogens with one attached hydrogen (secondary N) is 1. The van der Waals surface area contributed by atoms with Crippen LogP contribution in [0, 0.1) is 13.8 Å². The maximum Gasteiger partial charge on any atom is 0.227 e. The van der Waals surface area contributed by atoms with Crippen LogP contribution in [0.5, 0.6) is 5.75 Å². The molecule has 0 saturated carbocycles. The van der Waals surface area contributed by atoms with E-state index in [1.165, 1.54) is 0 Å². The van der Waals surface area contributed by atoms with Crippen LogP contribution < -0.4 is 10.1 Å². The van der Waals surface area contributed by atoms with Gasteiger partial charge in [0.1, 0.15) is 22.6 Å². The molecule has 3 heterocycles. The lowest BCUT2D eigenvalue weighted by Gasteiger charge is -2.13. The van der Waals surface area contributed by atoms with Gasteiger partial charge in [-0.05, 0) is 68.1 Å². The van der Waals surface area contributed by atoms with Gasteiger partial charge in [0.25, 0.3) is 0 Å². The fourth-order valence-electron chi connectivity index (χ4n) is 4.16. The molecule has 0 aliphatic carbocycles. The first-order valence-electron chi connectivity index (χ1n) is 11.3. The van der Waals surface area contributed by atoms with Crippen LogP contribution in [0.25, 0.3) is 5.00 Å². The van der Waals surface area contributed by atoms with Crippen LogP contribution in [-0.4, -0.2) is 33.0 Å². The van der Waals surface area contributed by atoms with E-state index in [9.17, 15) is 4.79 Å². The fourth-order valence-corrected chi connectivity index (χ4v) is 5.40. The summed E-state index contributed by atoms with van der Waals surface area (Å²) in [5.41, 5.74) is 4.58. The zero-order valence-electron chi connectivity index (χ0n) is 19.6. The van der Waals surface area contributed by atoms with Crippen LogP contribution in [0.1, 0.15) is 47.7 Å². The Hall–Kier alpha value is -3.49. The summed E-state index contributed by atoms with van der Waals surface area (Å²) in [4.78, 5) is 18.2. The number of fused-ring (bicyclic) bond motifs is 3. The third-order valence-corrected chi connectivity index (χ3v) is 7.11. The molecule has 2 aromatic heterocycles. The highest BCUT2D eigenvalue weighted by atomic mass is 35.5. The first-order chi connectivity index (χ1) is 16.9. The first kappa shape index (κ1) is 23.3. The summed E-state index contributed by atoms with van der Waals surface area (Å²) < 4.78 is 7.50. The summed E-state index contributed by atoms with van der Waals surface area (Å²) >= 11 is 7.77. The molecule has 5 rings (SSSR count). The van der Waals surface area contributed by atoms with Gasteiger partial charge in [0.15, 0.2) is 5.82 Å². The Bertz CT molecular complexity index is 1410. The summed E-state index contributed by atoms with van der Waals surface area (Å²) in [5.74, 6) is 2.01. The molecule has 0 saturated heterocycles. The number of nitrogens with zero attached hydrogens (tertiary/aromatic N) is 4. The molecule has 35 heavy (non-hydrogen) atoms. The van der Waals surface area contributed by atoms with Gasteiger partial charge in [0.2, 0.25) is 5.91 Å². The number of carbonyl (C=O) groups is 1. The van der Waals surface area contributed by atoms with Gasteiger partial charge in [-0.15, -0.1) is 21.5 Å². The number of aromatic nitrogens is 3. The molecule has 1 aliphatic heterocycles. The summed E-state index contributed by atoms with van der Waals surface area (Å²) in [6, 6.07) is 14.4. The Balaban J connectivity index is 1.52. The number of anilines is 1. The molecule has 1 aliphatic rings. The van der Waals surface area contributed by atoms with Gasteiger partial charge >= 0.3 is 0 Å². The van der Waals surface area contributed by atoms with Crippen LogP contribution >= 0.6 is 22.9 Å². The van der Waals surface area contributed by atoms with E-state index in [0.29, 0.717) is 23.1 Å². The summed E-state index contributed by atoms with van der Waals surface area (Å²) in [7, 11) is 0. The predicted octanol–water partition coefficient (Wildman–Crippen LogP) is 5.92. The van der Waals surface area contributed by atoms with E-state index < -0.39 is 6.04 Å². The average molecular weight is 506 g/mol. The van der Waals surface area contributed by atoms with Crippen LogP contribution in [0.3, 0.4) is 0 Å². The monoisotopic (exact) mass is 505 g/mol. The Morgan fingerprint density at radius 2 is 1.86 bits per heavy atom. The lowest BCUT2D eigenvalue weighted by atomic mass is 10.0. The number of halogens is 1. The van der Waals surface area contributed by atoms with Crippen molar-refractivity contribution in [2.75, 3.05) is 11.9 Å². The van der Waals surface area contributed by atoms with E-state index >= 15 is 0 Å². The molecular formula is C26H24ClN5O2S. The number of amides is 1. The number of thiophene rings is 1. The lowest BCUT2D eigenvalue weighted by Crippen LogP contribution is -2.17. The van der Waals surface area contributed by atoms with E-state index in [0.717, 1.165) is 39.0 Å². The minimum Gasteiger partial charge on any atom is -0.494 e. The van der Waals surface area contributed by atoms with Crippen molar-refractivity contribution in [3.05, 3.63) is 87.3 Å². The molecule has 0 fully saturated rings. The van der Waals surface area contributed by atoms with E-state index in [1.54, 1.807) is 11.3 Å². The second-order valence-corrected chi connectivity index (χ2v) is 9.54. The Morgan fingerprint density at radius 1 is 1.11 bits per heavy atom. The number of rotatable bonds is 6. The van der Waals surface area contributed by atoms with E-state index in [1.807, 2.05) is 66.9 Å². The standard InChI is InChI=1S/C26H24ClN5O2S/c1-4-34-20-11-9-19(10-12-20)28-22(33)13-21-25-31-30-16(3)32(25)26-23(15(2)14-35-26)24(29-21)17-5-7-18(27)8-6-17/h5-12,14,21H,4,13H2,1-3H3,(H,28,33)/t21-/m0/s1. The molecule has 0 bridgehead atoms. The highest BCUT2D eigenvalue weighted by Gasteiger charge is 2.31. The highest BCUT2D eigenvalue weighted by molar-refractivity contribution is 7.13. The SMILES string of the molecule is CCOc1ccc(NC(=O)C[C@@H]2N=C(c3ccc(Cl)cc3)c3c(C)csc3-n3c(C)nnc32)cc1. The zero-order chi connectivity index (χ0) is 24.5. The number of ether oxygens (including phenoxy) is 1. The summed E-state index contributed by atoms with van der Waals surface area (Å²) in [6.45, 7) is 6.51. The van der Waals surface area contributed by atoms with Gasteiger partial charge in [-0.3, -0.25) is 14.4 Å². The van der Waals surface area contributed by atoms with Crippen LogP contribution in [0.15, 0.2) is 58.9 Å². The molecule has 0 unspecified atom stereocenters. The summed E-state index contributed by atoms with van der Waals surface area (Å²) in [5, 5.41) is 15.5. The number of benzene rings is 2. The molecule has 4 aromatic rings. The van der Waals surface area contributed by atoms with Gasteiger partial charge in [-0.25, -0.2) is 0 Å². The van der Waals surface area contributed by atoms with Gasteiger partial charge in [-0.1, -0.05) is 23.7 Å². The van der Waals surface area contributed by atoms with Crippen LogP contribution in [0.4, 0.5) is 5.69 Å². The Labute approximate surface area is 212 Å². The highest BCUT2D eigenvalue weighted by Crippen LogP contribution is 2.37. The Morgan fingerprint density at radius 3 is 2.57 bits per heavy atom. The zero-order valence-corrected chi connectivity index (χ0v) is 21.2. The molecule has 1 amide bonds. The third-order valence-electron chi connectivity index (χ3n) is 5.77. The minimum absolute atomic E-state index is 0.121. The second kappa shape index (κ2) is 9.64. The molecular weight excluding hydrogens is 482 g/mol. The van der Waals surface area contributed by atoms with Gasteiger partial charge in [0, 0.05) is 21.8 Å². The van der Waals surface area contributed by atoms with Crippen LogP contribution in [-0.2, 0) is 4.79 Å². The van der Waals surface area contributed by atoms with Gasteiger partial charge in [-0.2, -0.15) is 0 Å². The van der Waals surface area contributed by atoms with Crippen molar-refractivity contribution in [3.63, 3.8) is 0 Å². The van der Waals surface area contributed by atoms with Gasteiger partial charge in [0.05, 0.1) is 18.7 Å². The second-order valence-electron chi connectivity index (χ2n) is 8.25. The molecule has 0 spiro atoms. The average Bonchev–Trinajstić information content (AvgIpc) is 3.37. The van der Waals surface area contributed by atoms with Crippen molar-refractivity contribution in [1.29, 1.82) is 0 Å². The number of hydrogen-bond acceptors (Lipinski definition) is 6. The number of aliphatic imine (C=N–C) groups is 1. The smallest absolute Gasteiger partial charge is 0.227 e. The summed E-state index contributed by atoms with van der Waals surface area (Å²) in [6.07, 6.45) is 0.121. The van der Waals surface area contributed by atoms with Crippen molar-refractivity contribution < 1.29 is 9.53 Å². The number of aryl methyl sites for hydroxylation is 2. The fraction of sp³-hybridized carbons (Fsp3) is 0.231. The van der Waals surface area contributed by atoms with E-state index in [2.05, 4.69) is 27.8 Å². The lowest BCUT2D eigenvalue weighted by molar-refractivity contribution is -0.116. The molecule has 178 valence electrons. The molecule has 2 aromatic carbocycles. The van der Waals surface area contributed by atoms with Crippen LogP contribution in [0.2, 0.25) is 5.02 Å². The third kappa shape index (κ3) is 4.59. The van der Waals surface area contributed by atoms with E-state index in [4.69, 9.17) is 21.3 Å². The molecule has 1 atom stereocenters. The van der Waals surface area contributed by atoms with E-state index in [-0.39, 0.29) is 12.3 Å². The largest absolute Gasteiger partial charge is 0.494 e. The van der Waals surface area contributed by atoms with Gasteiger partial charge < -0.3 is 10.1 Å². The van der Waals surface area contributed by atoms with Crippen molar-refractivity contribution in [2.45, 2.75) is 33.2 Å². The minimum atomic E-state index is -0.511. The van der Waals surface area contributed by atoms with Crippen molar-refractivity contribution in [2.24, 2.45) is 4.99 Å². The molecule has 1 N–H and O–H groups in total. The van der Waals surface area contributed by atoms with Crippen molar-refractivity contribution in [1.82, 2.24) is 14.8 Å². The van der Waals surface area contributed by atoms with Crippen molar-refractivity contribution >= 4 is 40.2 Å². The molecule has 0 radical (unpaired) electrons. The number of hydrogen-bond donors (Lipinski definition) is 1. The topological polar surface area (TPSA) is 81.4 Å². The van der Waals surface area contributed by atoms with Crippen molar-refractivity contribution in [3.8, 4) is 10.8 Å².